The molecule has 0 saturated heterocycles. The van der Waals surface area contributed by atoms with Gasteiger partial charge in [-0.3, -0.25) is 4.79 Å². The second-order valence-corrected chi connectivity index (χ2v) is 6.96. The average molecular weight is 381 g/mol. The summed E-state index contributed by atoms with van der Waals surface area (Å²) in [6.45, 7) is 1.95. The number of ether oxygens (including phenoxy) is 1. The molecule has 0 aliphatic rings. The van der Waals surface area contributed by atoms with Crippen molar-refractivity contribution in [2.75, 3.05) is 5.32 Å². The van der Waals surface area contributed by atoms with Gasteiger partial charge in [-0.05, 0) is 52.6 Å². The van der Waals surface area contributed by atoms with Crippen molar-refractivity contribution in [1.82, 2.24) is 0 Å². The predicted octanol–water partition coefficient (Wildman–Crippen LogP) is 6.30. The Morgan fingerprint density at radius 1 is 0.793 bits per heavy atom. The van der Waals surface area contributed by atoms with Crippen molar-refractivity contribution in [1.29, 1.82) is 0 Å². The molecule has 4 aromatic carbocycles. The molecule has 3 heteroatoms. The molecule has 1 atom stereocenters. The third-order valence-electron chi connectivity index (χ3n) is 4.92. The summed E-state index contributed by atoms with van der Waals surface area (Å²) < 4.78 is 5.96. The molecule has 0 bridgehead atoms. The Labute approximate surface area is 171 Å². The zero-order chi connectivity index (χ0) is 20.1. The summed E-state index contributed by atoms with van der Waals surface area (Å²) in [5.74, 6) is 0.542. The van der Waals surface area contributed by atoms with Crippen molar-refractivity contribution in [3.8, 4) is 16.9 Å². The lowest BCUT2D eigenvalue weighted by molar-refractivity contribution is -0.122. The highest BCUT2D eigenvalue weighted by molar-refractivity contribution is 5.96. The Balaban J connectivity index is 1.44. The average Bonchev–Trinajstić information content (AvgIpc) is 2.78. The molecule has 144 valence electrons. The topological polar surface area (TPSA) is 38.3 Å². The maximum atomic E-state index is 12.7. The quantitative estimate of drug-likeness (QED) is 0.425. The number of hydrogen-bond donors (Lipinski definition) is 1. The molecular formula is C26H23NO2. The van der Waals surface area contributed by atoms with Gasteiger partial charge in [-0.15, -0.1) is 0 Å². The highest BCUT2D eigenvalue weighted by Crippen LogP contribution is 2.24. The first-order valence-electron chi connectivity index (χ1n) is 9.85. The number of carbonyl (C=O) groups is 1. The molecule has 0 radical (unpaired) electrons. The Kier molecular flexibility index (Phi) is 5.57. The Bertz CT molecular complexity index is 1100. The molecule has 0 aromatic heterocycles. The van der Waals surface area contributed by atoms with E-state index in [-0.39, 0.29) is 5.91 Å². The highest BCUT2D eigenvalue weighted by Gasteiger charge is 2.18. The lowest BCUT2D eigenvalue weighted by Gasteiger charge is -2.18. The Morgan fingerprint density at radius 2 is 1.45 bits per heavy atom. The van der Waals surface area contributed by atoms with E-state index in [9.17, 15) is 4.79 Å². The molecule has 1 N–H and O–H groups in total. The van der Waals surface area contributed by atoms with Gasteiger partial charge in [0.15, 0.2) is 6.10 Å². The van der Waals surface area contributed by atoms with Crippen molar-refractivity contribution in [3.63, 3.8) is 0 Å². The van der Waals surface area contributed by atoms with E-state index in [2.05, 4.69) is 23.5 Å². The number of anilines is 1. The monoisotopic (exact) mass is 381 g/mol. The first kappa shape index (κ1) is 18.8. The van der Waals surface area contributed by atoms with E-state index in [1.165, 1.54) is 0 Å². The number of carbonyl (C=O) groups excluding carboxylic acids is 1. The van der Waals surface area contributed by atoms with Gasteiger partial charge < -0.3 is 10.1 Å². The minimum absolute atomic E-state index is 0.144. The van der Waals surface area contributed by atoms with Gasteiger partial charge in [0, 0.05) is 5.69 Å². The lowest BCUT2D eigenvalue weighted by Crippen LogP contribution is -2.32. The fourth-order valence-corrected chi connectivity index (χ4v) is 3.33. The fraction of sp³-hybridized carbons (Fsp3) is 0.115. The molecule has 0 aliphatic carbocycles. The van der Waals surface area contributed by atoms with Crippen molar-refractivity contribution in [2.45, 2.75) is 19.4 Å². The summed E-state index contributed by atoms with van der Waals surface area (Å²) in [4.78, 5) is 12.7. The minimum atomic E-state index is -0.552. The SMILES string of the molecule is CCC(Oc1ccc(-c2ccccc2)cc1)C(=O)Nc1ccc2ccccc2c1. The first-order chi connectivity index (χ1) is 14.2. The predicted molar refractivity (Wildman–Crippen MR) is 119 cm³/mol. The van der Waals surface area contributed by atoms with Crippen LogP contribution in [0, 0.1) is 0 Å². The minimum Gasteiger partial charge on any atom is -0.481 e. The Hall–Kier alpha value is -3.59. The fourth-order valence-electron chi connectivity index (χ4n) is 3.33. The molecular weight excluding hydrogens is 358 g/mol. The van der Waals surface area contributed by atoms with E-state index in [4.69, 9.17) is 4.74 Å². The lowest BCUT2D eigenvalue weighted by atomic mass is 10.1. The highest BCUT2D eigenvalue weighted by atomic mass is 16.5. The number of fused-ring (bicyclic) bond motifs is 1. The van der Waals surface area contributed by atoms with E-state index >= 15 is 0 Å². The van der Waals surface area contributed by atoms with Crippen molar-refractivity contribution < 1.29 is 9.53 Å². The summed E-state index contributed by atoms with van der Waals surface area (Å²) in [6.07, 6.45) is 0.0314. The maximum Gasteiger partial charge on any atom is 0.265 e. The molecule has 0 aliphatic heterocycles. The van der Waals surface area contributed by atoms with Crippen molar-refractivity contribution in [2.24, 2.45) is 0 Å². The summed E-state index contributed by atoms with van der Waals surface area (Å²) >= 11 is 0. The molecule has 0 saturated carbocycles. The van der Waals surface area contributed by atoms with Crippen molar-refractivity contribution in [3.05, 3.63) is 97.1 Å². The molecule has 3 nitrogen and oxygen atoms in total. The third-order valence-corrected chi connectivity index (χ3v) is 4.92. The van der Waals surface area contributed by atoms with Gasteiger partial charge in [-0.1, -0.05) is 79.7 Å². The molecule has 0 spiro atoms. The molecule has 4 aromatic rings. The zero-order valence-corrected chi connectivity index (χ0v) is 16.3. The van der Waals surface area contributed by atoms with Crippen LogP contribution in [0.15, 0.2) is 97.1 Å². The van der Waals surface area contributed by atoms with E-state index < -0.39 is 6.10 Å². The number of rotatable bonds is 6. The molecule has 4 rings (SSSR count). The van der Waals surface area contributed by atoms with Crippen LogP contribution in [0.2, 0.25) is 0 Å². The van der Waals surface area contributed by atoms with Gasteiger partial charge in [-0.25, -0.2) is 0 Å². The van der Waals surface area contributed by atoms with Crippen LogP contribution in [0.4, 0.5) is 5.69 Å². The smallest absolute Gasteiger partial charge is 0.265 e. The second-order valence-electron chi connectivity index (χ2n) is 6.96. The van der Waals surface area contributed by atoms with Crippen LogP contribution in [0.25, 0.3) is 21.9 Å². The molecule has 0 heterocycles. The second kappa shape index (κ2) is 8.61. The number of hydrogen-bond acceptors (Lipinski definition) is 2. The van der Waals surface area contributed by atoms with Gasteiger partial charge in [0.1, 0.15) is 5.75 Å². The molecule has 0 fully saturated rings. The Morgan fingerprint density at radius 3 is 2.17 bits per heavy atom. The third kappa shape index (κ3) is 4.46. The van der Waals surface area contributed by atoms with Gasteiger partial charge in [-0.2, -0.15) is 0 Å². The molecule has 1 unspecified atom stereocenters. The normalized spacial score (nSPS) is 11.8. The van der Waals surface area contributed by atoms with Crippen LogP contribution in [0.1, 0.15) is 13.3 Å². The van der Waals surface area contributed by atoms with Crippen LogP contribution in [-0.2, 0) is 4.79 Å². The standard InChI is InChI=1S/C26H23NO2/c1-2-25(26(28)27-23-15-12-20-10-6-7-11-22(20)18-23)29-24-16-13-21(14-17-24)19-8-4-3-5-9-19/h3-18,25H,2H2,1H3,(H,27,28). The van der Waals surface area contributed by atoms with Crippen LogP contribution in [0.5, 0.6) is 5.75 Å². The zero-order valence-electron chi connectivity index (χ0n) is 16.3. The maximum absolute atomic E-state index is 12.7. The van der Waals surface area contributed by atoms with Crippen LogP contribution in [-0.4, -0.2) is 12.0 Å². The number of amides is 1. The van der Waals surface area contributed by atoms with E-state index in [0.29, 0.717) is 12.2 Å². The van der Waals surface area contributed by atoms with E-state index in [1.54, 1.807) is 0 Å². The van der Waals surface area contributed by atoms with Crippen LogP contribution < -0.4 is 10.1 Å². The van der Waals surface area contributed by atoms with Gasteiger partial charge >= 0.3 is 0 Å². The van der Waals surface area contributed by atoms with Crippen LogP contribution in [0.3, 0.4) is 0 Å². The summed E-state index contributed by atoms with van der Waals surface area (Å²) in [5, 5.41) is 5.22. The number of nitrogens with one attached hydrogen (secondary N) is 1. The largest absolute Gasteiger partial charge is 0.481 e. The van der Waals surface area contributed by atoms with Gasteiger partial charge in [0.05, 0.1) is 0 Å². The summed E-state index contributed by atoms with van der Waals surface area (Å²) in [5.41, 5.74) is 3.04. The summed E-state index contributed by atoms with van der Waals surface area (Å²) in [7, 11) is 0. The van der Waals surface area contributed by atoms with E-state index in [1.807, 2.05) is 85.8 Å². The first-order valence-corrected chi connectivity index (χ1v) is 9.85. The van der Waals surface area contributed by atoms with Gasteiger partial charge in [0.2, 0.25) is 0 Å². The molecule has 29 heavy (non-hydrogen) atoms. The van der Waals surface area contributed by atoms with Crippen LogP contribution >= 0.6 is 0 Å². The number of benzene rings is 4. The van der Waals surface area contributed by atoms with E-state index in [0.717, 1.165) is 27.6 Å². The van der Waals surface area contributed by atoms with Crippen molar-refractivity contribution >= 4 is 22.4 Å². The summed E-state index contributed by atoms with van der Waals surface area (Å²) in [6, 6.07) is 32.0. The molecule has 1 amide bonds. The van der Waals surface area contributed by atoms with Gasteiger partial charge in [0.25, 0.3) is 5.91 Å².